The fourth-order valence-electron chi connectivity index (χ4n) is 2.22. The summed E-state index contributed by atoms with van der Waals surface area (Å²) in [5.74, 6) is 2.26. The molecular weight excluding hydrogens is 252 g/mol. The maximum absolute atomic E-state index is 13.5. The van der Waals surface area contributed by atoms with Crippen molar-refractivity contribution in [1.82, 2.24) is 5.32 Å². The third-order valence-electron chi connectivity index (χ3n) is 3.35. The van der Waals surface area contributed by atoms with Gasteiger partial charge in [-0.2, -0.15) is 11.8 Å². The van der Waals surface area contributed by atoms with Crippen molar-refractivity contribution in [2.24, 2.45) is 5.92 Å². The molecule has 0 saturated carbocycles. The normalized spacial score (nSPS) is 21.2. The van der Waals surface area contributed by atoms with Gasteiger partial charge in [-0.25, -0.2) is 8.78 Å². The molecule has 0 aromatic heterocycles. The maximum Gasteiger partial charge on any atom is 0.129 e. The number of nitrogens with one attached hydrogen (secondary N) is 1. The van der Waals surface area contributed by atoms with Crippen molar-refractivity contribution in [1.29, 1.82) is 0 Å². The molecule has 1 aromatic rings. The summed E-state index contributed by atoms with van der Waals surface area (Å²) in [7, 11) is 0. The molecule has 0 spiro atoms. The zero-order valence-corrected chi connectivity index (χ0v) is 11.4. The highest BCUT2D eigenvalue weighted by molar-refractivity contribution is 7.99. The Hall–Kier alpha value is -0.610. The minimum atomic E-state index is -0.444. The summed E-state index contributed by atoms with van der Waals surface area (Å²) in [4.78, 5) is 0. The average Bonchev–Trinajstić information content (AvgIpc) is 2.84. The second kappa shape index (κ2) is 6.53. The van der Waals surface area contributed by atoms with Gasteiger partial charge in [-0.3, -0.25) is 0 Å². The van der Waals surface area contributed by atoms with E-state index in [1.54, 1.807) is 0 Å². The molecule has 0 radical (unpaired) electrons. The first-order valence-electron chi connectivity index (χ1n) is 6.41. The molecule has 100 valence electrons. The summed E-state index contributed by atoms with van der Waals surface area (Å²) < 4.78 is 27.0. The predicted octanol–water partition coefficient (Wildman–Crippen LogP) is 3.24. The third kappa shape index (κ3) is 3.69. The van der Waals surface area contributed by atoms with Crippen LogP contribution < -0.4 is 5.32 Å². The summed E-state index contributed by atoms with van der Waals surface area (Å²) in [5, 5.41) is 3.38. The number of thioether (sulfide) groups is 1. The van der Waals surface area contributed by atoms with Gasteiger partial charge in [-0.05, 0) is 55.9 Å². The monoisotopic (exact) mass is 271 g/mol. The molecule has 1 heterocycles. The van der Waals surface area contributed by atoms with Crippen molar-refractivity contribution < 1.29 is 8.78 Å². The Balaban J connectivity index is 1.84. The molecular formula is C14H19F2NS. The van der Waals surface area contributed by atoms with Crippen LogP contribution in [0.2, 0.25) is 0 Å². The molecule has 0 amide bonds. The lowest BCUT2D eigenvalue weighted by Gasteiger charge is -2.17. The molecule has 2 atom stereocenters. The Labute approximate surface area is 111 Å². The van der Waals surface area contributed by atoms with E-state index in [0.29, 0.717) is 12.3 Å². The lowest BCUT2D eigenvalue weighted by molar-refractivity contribution is 0.452. The molecule has 1 nitrogen and oxygen atoms in total. The zero-order chi connectivity index (χ0) is 13.0. The van der Waals surface area contributed by atoms with E-state index in [1.807, 2.05) is 18.7 Å². The van der Waals surface area contributed by atoms with E-state index < -0.39 is 11.6 Å². The lowest BCUT2D eigenvalue weighted by Crippen LogP contribution is -2.33. The topological polar surface area (TPSA) is 12.0 Å². The van der Waals surface area contributed by atoms with Crippen LogP contribution in [0.25, 0.3) is 0 Å². The highest BCUT2D eigenvalue weighted by Crippen LogP contribution is 2.22. The number of benzene rings is 1. The molecule has 1 aromatic carbocycles. The fourth-order valence-corrected chi connectivity index (χ4v) is 3.50. The van der Waals surface area contributed by atoms with Crippen LogP contribution in [-0.2, 0) is 6.42 Å². The van der Waals surface area contributed by atoms with E-state index in [0.717, 1.165) is 6.54 Å². The molecule has 2 rings (SSSR count). The molecule has 1 saturated heterocycles. The Kier molecular flexibility index (Phi) is 5.01. The highest BCUT2D eigenvalue weighted by Gasteiger charge is 2.17. The summed E-state index contributed by atoms with van der Waals surface area (Å²) in [6, 6.07) is 4.14. The van der Waals surface area contributed by atoms with Gasteiger partial charge in [0, 0.05) is 11.6 Å². The van der Waals surface area contributed by atoms with Crippen molar-refractivity contribution in [3.63, 3.8) is 0 Å². The quantitative estimate of drug-likeness (QED) is 0.882. The summed E-state index contributed by atoms with van der Waals surface area (Å²) in [6.45, 7) is 2.93. The van der Waals surface area contributed by atoms with E-state index in [-0.39, 0.29) is 11.6 Å². The van der Waals surface area contributed by atoms with Gasteiger partial charge in [0.15, 0.2) is 0 Å². The highest BCUT2D eigenvalue weighted by atomic mass is 32.2. The van der Waals surface area contributed by atoms with Crippen LogP contribution in [0, 0.1) is 17.6 Å². The largest absolute Gasteiger partial charge is 0.314 e. The second-order valence-corrected chi connectivity index (χ2v) is 6.09. The Morgan fingerprint density at radius 2 is 2.11 bits per heavy atom. The molecule has 1 N–H and O–H groups in total. The van der Waals surface area contributed by atoms with Gasteiger partial charge in [-0.15, -0.1) is 0 Å². The van der Waals surface area contributed by atoms with Crippen LogP contribution in [0.1, 0.15) is 18.9 Å². The maximum atomic E-state index is 13.5. The Morgan fingerprint density at radius 1 is 1.39 bits per heavy atom. The smallest absolute Gasteiger partial charge is 0.129 e. The summed E-state index contributed by atoms with van der Waals surface area (Å²) >= 11 is 1.98. The van der Waals surface area contributed by atoms with E-state index in [2.05, 4.69) is 5.32 Å². The molecule has 0 aliphatic carbocycles. The van der Waals surface area contributed by atoms with Crippen molar-refractivity contribution in [2.45, 2.75) is 25.8 Å². The van der Waals surface area contributed by atoms with Crippen LogP contribution in [0.15, 0.2) is 18.2 Å². The van der Waals surface area contributed by atoms with Crippen LogP contribution in [0.3, 0.4) is 0 Å². The number of hydrogen-bond donors (Lipinski definition) is 1. The fraction of sp³-hybridized carbons (Fsp3) is 0.571. The number of hydrogen-bond acceptors (Lipinski definition) is 2. The van der Waals surface area contributed by atoms with Gasteiger partial charge in [-0.1, -0.05) is 6.07 Å². The first-order chi connectivity index (χ1) is 8.66. The van der Waals surface area contributed by atoms with Crippen molar-refractivity contribution in [2.75, 3.05) is 18.1 Å². The zero-order valence-electron chi connectivity index (χ0n) is 10.6. The molecule has 2 unspecified atom stereocenters. The Bertz CT molecular complexity index is 371. The lowest BCUT2D eigenvalue weighted by atomic mass is 10.0. The Morgan fingerprint density at radius 3 is 2.72 bits per heavy atom. The van der Waals surface area contributed by atoms with Crippen LogP contribution in [-0.4, -0.2) is 24.1 Å². The minimum absolute atomic E-state index is 0.0991. The molecule has 1 fully saturated rings. The minimum Gasteiger partial charge on any atom is -0.314 e. The second-order valence-electron chi connectivity index (χ2n) is 4.94. The van der Waals surface area contributed by atoms with Crippen LogP contribution >= 0.6 is 11.8 Å². The van der Waals surface area contributed by atoms with Crippen molar-refractivity contribution in [3.05, 3.63) is 35.4 Å². The summed E-state index contributed by atoms with van der Waals surface area (Å²) in [5.41, 5.74) is 0.193. The molecule has 4 heteroatoms. The molecule has 0 bridgehead atoms. The van der Waals surface area contributed by atoms with Crippen molar-refractivity contribution >= 4 is 11.8 Å². The van der Waals surface area contributed by atoms with Gasteiger partial charge in [0.05, 0.1) is 0 Å². The van der Waals surface area contributed by atoms with Gasteiger partial charge in [0.1, 0.15) is 11.6 Å². The van der Waals surface area contributed by atoms with Gasteiger partial charge < -0.3 is 5.32 Å². The first-order valence-corrected chi connectivity index (χ1v) is 7.56. The van der Waals surface area contributed by atoms with E-state index >= 15 is 0 Å². The first kappa shape index (κ1) is 13.8. The third-order valence-corrected chi connectivity index (χ3v) is 4.58. The standard InChI is InChI=1S/C14H19F2NS/c1-10(17-8-11-5-6-18-9-11)7-12-13(15)3-2-4-14(12)16/h2-4,10-11,17H,5-9H2,1H3. The van der Waals surface area contributed by atoms with Gasteiger partial charge >= 0.3 is 0 Å². The summed E-state index contributed by atoms with van der Waals surface area (Å²) in [6.07, 6.45) is 1.65. The SMILES string of the molecule is CC(Cc1c(F)cccc1F)NCC1CCSC1. The van der Waals surface area contributed by atoms with E-state index in [1.165, 1.54) is 36.1 Å². The average molecular weight is 271 g/mol. The van der Waals surface area contributed by atoms with Crippen molar-refractivity contribution in [3.8, 4) is 0 Å². The molecule has 18 heavy (non-hydrogen) atoms. The van der Waals surface area contributed by atoms with Gasteiger partial charge in [0.2, 0.25) is 0 Å². The van der Waals surface area contributed by atoms with E-state index in [9.17, 15) is 8.78 Å². The number of rotatable bonds is 5. The van der Waals surface area contributed by atoms with Crippen LogP contribution in [0.4, 0.5) is 8.78 Å². The van der Waals surface area contributed by atoms with Gasteiger partial charge in [0.25, 0.3) is 0 Å². The number of halogens is 2. The molecule has 1 aliphatic rings. The van der Waals surface area contributed by atoms with E-state index in [4.69, 9.17) is 0 Å². The van der Waals surface area contributed by atoms with Crippen LogP contribution in [0.5, 0.6) is 0 Å². The molecule has 1 aliphatic heterocycles. The predicted molar refractivity (Wildman–Crippen MR) is 73.0 cm³/mol.